The number of ether oxygens (including phenoxy) is 1. The van der Waals surface area contributed by atoms with Crippen molar-refractivity contribution in [2.45, 2.75) is 13.0 Å². The summed E-state index contributed by atoms with van der Waals surface area (Å²) in [6.45, 7) is 0.276. The van der Waals surface area contributed by atoms with Crippen molar-refractivity contribution in [1.29, 1.82) is 0 Å². The van der Waals surface area contributed by atoms with Crippen molar-refractivity contribution in [2.24, 2.45) is 0 Å². The number of rotatable bonds is 3. The number of hydrogen-bond donors (Lipinski definition) is 0. The molecule has 0 radical (unpaired) electrons. The van der Waals surface area contributed by atoms with Crippen LogP contribution in [0.5, 0.6) is 0 Å². The quantitative estimate of drug-likeness (QED) is 0.477. The summed E-state index contributed by atoms with van der Waals surface area (Å²) in [5.74, 6) is -0.334. The lowest BCUT2D eigenvalue weighted by molar-refractivity contribution is 0.0472. The third kappa shape index (κ3) is 2.70. The van der Waals surface area contributed by atoms with Gasteiger partial charge in [-0.3, -0.25) is 0 Å². The van der Waals surface area contributed by atoms with Gasteiger partial charge in [0.2, 0.25) is 0 Å². The Hall–Kier alpha value is -2.58. The molecule has 0 bridgehead atoms. The van der Waals surface area contributed by atoms with Gasteiger partial charge < -0.3 is 4.74 Å². The molecule has 1 aliphatic rings. The van der Waals surface area contributed by atoms with Gasteiger partial charge in [0.05, 0.1) is 5.56 Å². The van der Waals surface area contributed by atoms with Crippen LogP contribution in [0, 0.1) is 0 Å². The second-order valence-corrected chi connectivity index (χ2v) is 6.30. The predicted octanol–water partition coefficient (Wildman–Crippen LogP) is 5.27. The third-order valence-corrected chi connectivity index (χ3v) is 4.64. The topological polar surface area (TPSA) is 26.3 Å². The molecular formula is C21H15ClO2. The Morgan fingerprint density at radius 2 is 1.67 bits per heavy atom. The fourth-order valence-corrected chi connectivity index (χ4v) is 3.30. The number of esters is 1. The number of benzene rings is 3. The highest BCUT2D eigenvalue weighted by Crippen LogP contribution is 2.38. The summed E-state index contributed by atoms with van der Waals surface area (Å²) in [4.78, 5) is 12.2. The van der Waals surface area contributed by atoms with Gasteiger partial charge in [0.1, 0.15) is 6.61 Å². The van der Waals surface area contributed by atoms with Crippen molar-refractivity contribution in [1.82, 2.24) is 0 Å². The minimum atomic E-state index is -0.334. The van der Waals surface area contributed by atoms with Crippen molar-refractivity contribution in [3.05, 3.63) is 94.0 Å². The first-order chi connectivity index (χ1) is 11.7. The molecule has 0 amide bonds. The van der Waals surface area contributed by atoms with Gasteiger partial charge >= 0.3 is 5.97 Å². The number of carbonyl (C=O) groups excluding carboxylic acids is 1. The second kappa shape index (κ2) is 6.14. The Balaban J connectivity index is 1.55. The molecule has 24 heavy (non-hydrogen) atoms. The fourth-order valence-electron chi connectivity index (χ4n) is 3.17. The Bertz CT molecular complexity index is 913. The minimum absolute atomic E-state index is 0.276. The van der Waals surface area contributed by atoms with E-state index in [2.05, 4.69) is 30.3 Å². The Morgan fingerprint density at radius 3 is 2.50 bits per heavy atom. The van der Waals surface area contributed by atoms with Crippen LogP contribution in [-0.2, 0) is 17.8 Å². The molecule has 0 N–H and O–H groups in total. The van der Waals surface area contributed by atoms with Crippen LogP contribution in [0.2, 0.25) is 5.02 Å². The van der Waals surface area contributed by atoms with Crippen LogP contribution < -0.4 is 0 Å². The monoisotopic (exact) mass is 334 g/mol. The summed E-state index contributed by atoms with van der Waals surface area (Å²) in [7, 11) is 0. The number of carbonyl (C=O) groups is 1. The van der Waals surface area contributed by atoms with E-state index in [1.165, 1.54) is 22.3 Å². The van der Waals surface area contributed by atoms with Gasteiger partial charge in [-0.2, -0.15) is 0 Å². The molecule has 0 saturated carbocycles. The fraction of sp³-hybridized carbons (Fsp3) is 0.0952. The second-order valence-electron chi connectivity index (χ2n) is 5.86. The van der Waals surface area contributed by atoms with E-state index in [0.29, 0.717) is 10.6 Å². The van der Waals surface area contributed by atoms with Crippen molar-refractivity contribution in [3.63, 3.8) is 0 Å². The van der Waals surface area contributed by atoms with Crippen LogP contribution in [-0.4, -0.2) is 5.97 Å². The lowest BCUT2D eigenvalue weighted by Crippen LogP contribution is -2.06. The zero-order valence-corrected chi connectivity index (χ0v) is 13.7. The highest BCUT2D eigenvalue weighted by molar-refractivity contribution is 6.30. The molecule has 0 aliphatic heterocycles. The summed E-state index contributed by atoms with van der Waals surface area (Å²) < 4.78 is 5.50. The van der Waals surface area contributed by atoms with Gasteiger partial charge in [-0.15, -0.1) is 0 Å². The molecule has 0 unspecified atom stereocenters. The average molecular weight is 335 g/mol. The number of halogens is 1. The first kappa shape index (κ1) is 15.0. The largest absolute Gasteiger partial charge is 0.457 e. The Kier molecular flexibility index (Phi) is 3.83. The number of fused-ring (bicyclic) bond motifs is 3. The maximum absolute atomic E-state index is 12.2. The summed E-state index contributed by atoms with van der Waals surface area (Å²) in [5.41, 5.74) is 6.66. The summed E-state index contributed by atoms with van der Waals surface area (Å²) in [6.07, 6.45) is 0.889. The molecule has 1 aliphatic carbocycles. The molecule has 2 nitrogen and oxygen atoms in total. The first-order valence-corrected chi connectivity index (χ1v) is 8.22. The Morgan fingerprint density at radius 1 is 0.917 bits per heavy atom. The van der Waals surface area contributed by atoms with Gasteiger partial charge in [-0.05, 0) is 58.5 Å². The van der Waals surface area contributed by atoms with E-state index in [1.54, 1.807) is 24.3 Å². The van der Waals surface area contributed by atoms with Gasteiger partial charge in [0, 0.05) is 5.02 Å². The van der Waals surface area contributed by atoms with E-state index in [-0.39, 0.29) is 12.6 Å². The van der Waals surface area contributed by atoms with E-state index >= 15 is 0 Å². The molecule has 0 spiro atoms. The van der Waals surface area contributed by atoms with Crippen LogP contribution in [0.3, 0.4) is 0 Å². The van der Waals surface area contributed by atoms with Crippen LogP contribution in [0.25, 0.3) is 11.1 Å². The lowest BCUT2D eigenvalue weighted by atomic mass is 10.0. The SMILES string of the molecule is O=C(OCc1cccc2c1Cc1ccccc1-2)c1ccc(Cl)cc1. The highest BCUT2D eigenvalue weighted by atomic mass is 35.5. The maximum atomic E-state index is 12.2. The standard InChI is InChI=1S/C21H15ClO2/c22-17-10-8-14(9-11-17)21(23)24-13-16-5-3-7-19-18-6-2-1-4-15(18)12-20(16)19/h1-11H,12-13H2. The molecule has 0 aromatic heterocycles. The van der Waals surface area contributed by atoms with Gasteiger partial charge in [0.25, 0.3) is 0 Å². The molecule has 4 rings (SSSR count). The Labute approximate surface area is 145 Å². The lowest BCUT2D eigenvalue weighted by Gasteiger charge is -2.10. The third-order valence-electron chi connectivity index (χ3n) is 4.39. The zero-order chi connectivity index (χ0) is 16.5. The van der Waals surface area contributed by atoms with Gasteiger partial charge in [0.15, 0.2) is 0 Å². The van der Waals surface area contributed by atoms with E-state index in [1.807, 2.05) is 12.1 Å². The average Bonchev–Trinajstić information content (AvgIpc) is 2.99. The van der Waals surface area contributed by atoms with Crippen LogP contribution >= 0.6 is 11.6 Å². The molecule has 0 saturated heterocycles. The van der Waals surface area contributed by atoms with Crippen LogP contribution in [0.1, 0.15) is 27.0 Å². The van der Waals surface area contributed by atoms with Gasteiger partial charge in [-0.1, -0.05) is 54.1 Å². The van der Waals surface area contributed by atoms with Crippen molar-refractivity contribution in [2.75, 3.05) is 0 Å². The van der Waals surface area contributed by atoms with Crippen LogP contribution in [0.4, 0.5) is 0 Å². The van der Waals surface area contributed by atoms with E-state index in [4.69, 9.17) is 16.3 Å². The molecule has 0 fully saturated rings. The van der Waals surface area contributed by atoms with Crippen LogP contribution in [0.15, 0.2) is 66.7 Å². The first-order valence-electron chi connectivity index (χ1n) is 7.84. The maximum Gasteiger partial charge on any atom is 0.338 e. The predicted molar refractivity (Wildman–Crippen MR) is 95.3 cm³/mol. The van der Waals surface area contributed by atoms with E-state index < -0.39 is 0 Å². The van der Waals surface area contributed by atoms with E-state index in [9.17, 15) is 4.79 Å². The summed E-state index contributed by atoms with van der Waals surface area (Å²) in [5, 5.41) is 0.602. The number of hydrogen-bond acceptors (Lipinski definition) is 2. The van der Waals surface area contributed by atoms with Crippen molar-refractivity contribution in [3.8, 4) is 11.1 Å². The smallest absolute Gasteiger partial charge is 0.338 e. The summed E-state index contributed by atoms with van der Waals surface area (Å²) >= 11 is 5.85. The summed E-state index contributed by atoms with van der Waals surface area (Å²) in [6, 6.07) is 21.3. The molecule has 0 heterocycles. The molecule has 0 atom stereocenters. The van der Waals surface area contributed by atoms with E-state index in [0.717, 1.165) is 12.0 Å². The van der Waals surface area contributed by atoms with Gasteiger partial charge in [-0.25, -0.2) is 4.79 Å². The van der Waals surface area contributed by atoms with Crippen molar-refractivity contribution >= 4 is 17.6 Å². The normalized spacial score (nSPS) is 11.7. The van der Waals surface area contributed by atoms with Crippen molar-refractivity contribution < 1.29 is 9.53 Å². The molecular weight excluding hydrogens is 320 g/mol. The minimum Gasteiger partial charge on any atom is -0.457 e. The molecule has 3 heteroatoms. The zero-order valence-electron chi connectivity index (χ0n) is 13.0. The highest BCUT2D eigenvalue weighted by Gasteiger charge is 2.20. The molecule has 3 aromatic rings. The molecule has 3 aromatic carbocycles. The molecule has 118 valence electrons.